The number of hydrogen-bond acceptors (Lipinski definition) is 4. The first-order chi connectivity index (χ1) is 10.7. The summed E-state index contributed by atoms with van der Waals surface area (Å²) < 4.78 is 5.00. The molecule has 1 aromatic carbocycles. The summed E-state index contributed by atoms with van der Waals surface area (Å²) in [6, 6.07) is 10.2. The normalized spacial score (nSPS) is 19.5. The number of ketones is 1. The van der Waals surface area contributed by atoms with Crippen LogP contribution in [0.2, 0.25) is 0 Å². The smallest absolute Gasteiger partial charge is 0.317 e. The van der Waals surface area contributed by atoms with Crippen molar-refractivity contribution in [3.05, 3.63) is 36.0 Å². The van der Waals surface area contributed by atoms with Gasteiger partial charge in [-0.25, -0.2) is 0 Å². The average Bonchev–Trinajstić information content (AvgIpc) is 2.91. The Morgan fingerprint density at radius 3 is 3.00 bits per heavy atom. The number of nitrogens with one attached hydrogen (secondary N) is 1. The molecule has 1 N–H and O–H groups in total. The number of rotatable bonds is 4. The van der Waals surface area contributed by atoms with Crippen molar-refractivity contribution in [1.29, 1.82) is 0 Å². The Bertz CT molecular complexity index is 659. The molecule has 3 rings (SSSR count). The van der Waals surface area contributed by atoms with Gasteiger partial charge < -0.3 is 9.72 Å². The largest absolute Gasteiger partial charge is 0.465 e. The summed E-state index contributed by atoms with van der Waals surface area (Å²) in [6.07, 6.45) is 0.406. The molecule has 1 unspecified atom stereocenters. The molecule has 1 aliphatic heterocycles. The lowest BCUT2D eigenvalue weighted by Crippen LogP contribution is -2.44. The number of fused-ring (bicyclic) bond motifs is 1. The van der Waals surface area contributed by atoms with Gasteiger partial charge >= 0.3 is 5.97 Å². The van der Waals surface area contributed by atoms with Crippen molar-refractivity contribution in [3.8, 4) is 0 Å². The van der Waals surface area contributed by atoms with Gasteiger partial charge in [0.15, 0.2) is 0 Å². The van der Waals surface area contributed by atoms with E-state index >= 15 is 0 Å². The molecule has 0 saturated carbocycles. The number of carbonyl (C=O) groups is 2. The number of likely N-dealkylation sites (tertiary alicyclic amines) is 1. The van der Waals surface area contributed by atoms with E-state index in [9.17, 15) is 9.59 Å². The van der Waals surface area contributed by atoms with Gasteiger partial charge in [0.25, 0.3) is 0 Å². The number of benzene rings is 1. The summed E-state index contributed by atoms with van der Waals surface area (Å²) in [5.41, 5.74) is 2.20. The number of nitrogens with zero attached hydrogens (tertiary/aromatic N) is 1. The zero-order valence-corrected chi connectivity index (χ0v) is 12.7. The highest BCUT2D eigenvalue weighted by molar-refractivity contribution is 5.99. The van der Waals surface area contributed by atoms with Crippen LogP contribution < -0.4 is 0 Å². The Labute approximate surface area is 129 Å². The summed E-state index contributed by atoms with van der Waals surface area (Å²) in [7, 11) is 0. The predicted molar refractivity (Wildman–Crippen MR) is 83.3 cm³/mol. The standard InChI is InChI=1S/C17H20N2O3/c1-2-22-17(21)14-11-19(8-7-16(14)20)10-13-9-12-5-3-4-6-15(12)18-13/h3-6,9,14,18H,2,7-8,10-11H2,1H3. The van der Waals surface area contributed by atoms with Crippen LogP contribution >= 0.6 is 0 Å². The quantitative estimate of drug-likeness (QED) is 0.694. The van der Waals surface area contributed by atoms with E-state index in [0.29, 0.717) is 32.7 Å². The van der Waals surface area contributed by atoms with E-state index < -0.39 is 11.9 Å². The van der Waals surface area contributed by atoms with Gasteiger partial charge in [-0.15, -0.1) is 0 Å². The van der Waals surface area contributed by atoms with Crippen LogP contribution in [0.5, 0.6) is 0 Å². The second-order valence-electron chi connectivity index (χ2n) is 5.64. The number of carbonyl (C=O) groups excluding carboxylic acids is 2. The van der Waals surface area contributed by atoms with Gasteiger partial charge in [-0.3, -0.25) is 14.5 Å². The number of hydrogen-bond donors (Lipinski definition) is 1. The molecule has 1 aliphatic rings. The van der Waals surface area contributed by atoms with E-state index in [1.165, 1.54) is 5.39 Å². The monoisotopic (exact) mass is 300 g/mol. The lowest BCUT2D eigenvalue weighted by atomic mass is 9.96. The molecule has 0 spiro atoms. The molecule has 0 amide bonds. The fraction of sp³-hybridized carbons (Fsp3) is 0.412. The number of Topliss-reactive ketones (excluding diaryl/α,β-unsaturated/α-hetero) is 1. The van der Waals surface area contributed by atoms with Crippen LogP contribution in [0.15, 0.2) is 30.3 Å². The van der Waals surface area contributed by atoms with Crippen LogP contribution in [-0.4, -0.2) is 41.3 Å². The SMILES string of the molecule is CCOC(=O)C1CN(Cc2cc3ccccc3[nH]2)CCC1=O. The zero-order valence-electron chi connectivity index (χ0n) is 12.7. The highest BCUT2D eigenvalue weighted by Crippen LogP contribution is 2.20. The van der Waals surface area contributed by atoms with E-state index in [1.807, 2.05) is 18.2 Å². The third-order valence-electron chi connectivity index (χ3n) is 4.05. The molecule has 2 heterocycles. The molecule has 5 nitrogen and oxygen atoms in total. The third-order valence-corrected chi connectivity index (χ3v) is 4.05. The van der Waals surface area contributed by atoms with Crippen molar-refractivity contribution in [3.63, 3.8) is 0 Å². The van der Waals surface area contributed by atoms with Crippen molar-refractivity contribution in [2.75, 3.05) is 19.7 Å². The number of ether oxygens (including phenoxy) is 1. The van der Waals surface area contributed by atoms with Crippen LogP contribution in [0.4, 0.5) is 0 Å². The van der Waals surface area contributed by atoms with E-state index in [1.54, 1.807) is 6.92 Å². The maximum Gasteiger partial charge on any atom is 0.317 e. The predicted octanol–water partition coefficient (Wildman–Crippen LogP) is 2.12. The lowest BCUT2D eigenvalue weighted by molar-refractivity contribution is -0.154. The molecule has 1 saturated heterocycles. The molecule has 1 aromatic heterocycles. The fourth-order valence-electron chi connectivity index (χ4n) is 2.95. The van der Waals surface area contributed by atoms with Gasteiger partial charge in [-0.1, -0.05) is 18.2 Å². The van der Waals surface area contributed by atoms with Crippen molar-refractivity contribution >= 4 is 22.7 Å². The van der Waals surface area contributed by atoms with Crippen LogP contribution in [-0.2, 0) is 20.9 Å². The number of esters is 1. The van der Waals surface area contributed by atoms with Gasteiger partial charge in [-0.2, -0.15) is 0 Å². The molecule has 0 aliphatic carbocycles. The van der Waals surface area contributed by atoms with Crippen LogP contribution in [0.25, 0.3) is 10.9 Å². The molecule has 2 aromatic rings. The fourth-order valence-corrected chi connectivity index (χ4v) is 2.95. The molecular weight excluding hydrogens is 280 g/mol. The minimum Gasteiger partial charge on any atom is -0.465 e. The van der Waals surface area contributed by atoms with Gasteiger partial charge in [-0.05, 0) is 24.4 Å². The van der Waals surface area contributed by atoms with Crippen LogP contribution in [0.3, 0.4) is 0 Å². The Balaban J connectivity index is 1.69. The summed E-state index contributed by atoms with van der Waals surface area (Å²) >= 11 is 0. The molecule has 22 heavy (non-hydrogen) atoms. The lowest BCUT2D eigenvalue weighted by Gasteiger charge is -2.30. The number of para-hydroxylation sites is 1. The first kappa shape index (κ1) is 14.8. The molecule has 5 heteroatoms. The Morgan fingerprint density at radius 2 is 2.23 bits per heavy atom. The minimum atomic E-state index is -0.641. The van der Waals surface area contributed by atoms with E-state index in [4.69, 9.17) is 4.74 Å². The molecular formula is C17H20N2O3. The highest BCUT2D eigenvalue weighted by Gasteiger charge is 2.33. The molecule has 0 radical (unpaired) electrons. The third kappa shape index (κ3) is 3.04. The summed E-state index contributed by atoms with van der Waals surface area (Å²) in [5, 5.41) is 1.17. The summed E-state index contributed by atoms with van der Waals surface area (Å²) in [4.78, 5) is 29.3. The molecule has 0 bridgehead atoms. The first-order valence-electron chi connectivity index (χ1n) is 7.65. The second-order valence-corrected chi connectivity index (χ2v) is 5.64. The van der Waals surface area contributed by atoms with Gasteiger partial charge in [0.2, 0.25) is 0 Å². The topological polar surface area (TPSA) is 62.4 Å². The molecule has 1 atom stereocenters. The van der Waals surface area contributed by atoms with Crippen LogP contribution in [0.1, 0.15) is 19.0 Å². The number of aromatic nitrogens is 1. The summed E-state index contributed by atoms with van der Waals surface area (Å²) in [5.74, 6) is -1.04. The first-order valence-corrected chi connectivity index (χ1v) is 7.65. The van der Waals surface area contributed by atoms with E-state index in [0.717, 1.165) is 11.2 Å². The Morgan fingerprint density at radius 1 is 1.41 bits per heavy atom. The Kier molecular flexibility index (Phi) is 4.24. The maximum atomic E-state index is 11.9. The summed E-state index contributed by atoms with van der Waals surface area (Å²) in [6.45, 7) is 3.90. The van der Waals surface area contributed by atoms with Gasteiger partial charge in [0, 0.05) is 37.3 Å². The highest BCUT2D eigenvalue weighted by atomic mass is 16.5. The zero-order chi connectivity index (χ0) is 15.5. The van der Waals surface area contributed by atoms with Gasteiger partial charge in [0.05, 0.1) is 6.61 Å². The van der Waals surface area contributed by atoms with Crippen molar-refractivity contribution < 1.29 is 14.3 Å². The Hall–Kier alpha value is -2.14. The number of aromatic amines is 1. The van der Waals surface area contributed by atoms with Crippen molar-refractivity contribution in [1.82, 2.24) is 9.88 Å². The van der Waals surface area contributed by atoms with Crippen molar-refractivity contribution in [2.45, 2.75) is 19.9 Å². The average molecular weight is 300 g/mol. The van der Waals surface area contributed by atoms with Gasteiger partial charge in [0.1, 0.15) is 11.7 Å². The van der Waals surface area contributed by atoms with Crippen LogP contribution in [0, 0.1) is 5.92 Å². The van der Waals surface area contributed by atoms with Crippen molar-refractivity contribution in [2.24, 2.45) is 5.92 Å². The maximum absolute atomic E-state index is 11.9. The van der Waals surface area contributed by atoms with E-state index in [-0.39, 0.29) is 5.78 Å². The molecule has 1 fully saturated rings. The minimum absolute atomic E-state index is 0.00801. The number of H-pyrrole nitrogens is 1. The van der Waals surface area contributed by atoms with E-state index in [2.05, 4.69) is 22.0 Å². The number of piperidine rings is 1. The molecule has 116 valence electrons. The second kappa shape index (κ2) is 6.32.